The second-order valence-corrected chi connectivity index (χ2v) is 10.5. The van der Waals surface area contributed by atoms with Gasteiger partial charge in [-0.3, -0.25) is 9.59 Å². The summed E-state index contributed by atoms with van der Waals surface area (Å²) in [4.78, 5) is 27.3. The van der Waals surface area contributed by atoms with Crippen molar-refractivity contribution in [1.82, 2.24) is 4.31 Å². The summed E-state index contributed by atoms with van der Waals surface area (Å²) in [5, 5.41) is 0.824. The number of anilines is 1. The molecule has 170 valence electrons. The Morgan fingerprint density at radius 2 is 1.58 bits per heavy atom. The van der Waals surface area contributed by atoms with E-state index in [1.807, 2.05) is 6.92 Å². The van der Waals surface area contributed by atoms with Crippen LogP contribution in [0.15, 0.2) is 77.7 Å². The first-order valence-electron chi connectivity index (χ1n) is 10.1. The first-order chi connectivity index (χ1) is 15.7. The number of halogens is 2. The molecule has 1 unspecified atom stereocenters. The van der Waals surface area contributed by atoms with Gasteiger partial charge in [0.2, 0.25) is 15.9 Å². The van der Waals surface area contributed by atoms with Crippen molar-refractivity contribution in [1.29, 1.82) is 0 Å². The van der Waals surface area contributed by atoms with Crippen molar-refractivity contribution >= 4 is 50.7 Å². The van der Waals surface area contributed by atoms with Gasteiger partial charge in [-0.15, -0.1) is 0 Å². The molecule has 1 atom stereocenters. The molecular weight excluding hydrogens is 483 g/mol. The minimum Gasteiger partial charge on any atom is -0.274 e. The normalized spacial score (nSPS) is 16.6. The van der Waals surface area contributed by atoms with E-state index in [1.54, 1.807) is 60.7 Å². The highest BCUT2D eigenvalue weighted by Crippen LogP contribution is 2.32. The van der Waals surface area contributed by atoms with Crippen LogP contribution >= 0.6 is 23.2 Å². The third-order valence-corrected chi connectivity index (χ3v) is 7.96. The number of carbonyl (C=O) groups excluding carboxylic acids is 2. The minimum absolute atomic E-state index is 0.0327. The lowest BCUT2D eigenvalue weighted by Gasteiger charge is -2.27. The molecular formula is C24H20Cl2N2O4S. The molecule has 4 rings (SSSR count). The Morgan fingerprint density at radius 3 is 2.21 bits per heavy atom. The molecule has 1 fully saturated rings. The molecule has 0 spiro atoms. The van der Waals surface area contributed by atoms with Crippen molar-refractivity contribution in [2.45, 2.75) is 30.8 Å². The van der Waals surface area contributed by atoms with Gasteiger partial charge in [0, 0.05) is 16.6 Å². The molecule has 6 nitrogen and oxygen atoms in total. The van der Waals surface area contributed by atoms with Crippen LogP contribution in [0.5, 0.6) is 0 Å². The fraction of sp³-hybridized carbons (Fsp3) is 0.167. The highest BCUT2D eigenvalue weighted by molar-refractivity contribution is 7.89. The van der Waals surface area contributed by atoms with E-state index in [0.29, 0.717) is 21.3 Å². The van der Waals surface area contributed by atoms with Crippen molar-refractivity contribution in [2.75, 3.05) is 4.90 Å². The topological polar surface area (TPSA) is 74.8 Å². The second-order valence-electron chi connectivity index (χ2n) is 7.72. The molecule has 0 radical (unpaired) electrons. The van der Waals surface area contributed by atoms with E-state index in [0.717, 1.165) is 14.8 Å². The lowest BCUT2D eigenvalue weighted by molar-refractivity contribution is -0.122. The Labute approximate surface area is 202 Å². The Balaban J connectivity index is 1.77. The summed E-state index contributed by atoms with van der Waals surface area (Å²) >= 11 is 12.2. The first kappa shape index (κ1) is 23.4. The summed E-state index contributed by atoms with van der Waals surface area (Å²) in [6.45, 7) is 1.69. The van der Waals surface area contributed by atoms with Crippen LogP contribution in [-0.4, -0.2) is 30.6 Å². The van der Waals surface area contributed by atoms with Crippen molar-refractivity contribution in [3.8, 4) is 0 Å². The molecule has 0 aliphatic carbocycles. The maximum atomic E-state index is 13.7. The molecule has 0 N–H and O–H groups in total. The molecule has 1 aliphatic rings. The highest BCUT2D eigenvalue weighted by atomic mass is 35.5. The Morgan fingerprint density at radius 1 is 0.939 bits per heavy atom. The predicted octanol–water partition coefficient (Wildman–Crippen LogP) is 4.82. The zero-order valence-corrected chi connectivity index (χ0v) is 19.9. The standard InChI is InChI=1S/C24H20Cl2N2O4S/c1-16-6-12-20(13-7-16)33(31,32)27(15-17-4-2-3-5-21(17)26)22-14-23(29)28(24(22)30)19-10-8-18(25)9-11-19/h2-13,22H,14-15H2,1H3. The molecule has 33 heavy (non-hydrogen) atoms. The fourth-order valence-electron chi connectivity index (χ4n) is 3.71. The molecule has 1 saturated heterocycles. The average molecular weight is 503 g/mol. The van der Waals surface area contributed by atoms with Crippen molar-refractivity contribution in [3.63, 3.8) is 0 Å². The van der Waals surface area contributed by atoms with E-state index in [9.17, 15) is 18.0 Å². The van der Waals surface area contributed by atoms with Crippen molar-refractivity contribution < 1.29 is 18.0 Å². The quantitative estimate of drug-likeness (QED) is 0.452. The van der Waals surface area contributed by atoms with Crippen LogP contribution in [0, 0.1) is 6.92 Å². The Hall–Kier alpha value is -2.71. The van der Waals surface area contributed by atoms with Crippen LogP contribution in [0.4, 0.5) is 5.69 Å². The SMILES string of the molecule is Cc1ccc(S(=O)(=O)N(Cc2ccccc2Cl)C2CC(=O)N(c3ccc(Cl)cc3)C2=O)cc1. The van der Waals surface area contributed by atoms with Gasteiger partial charge in [-0.1, -0.05) is 59.1 Å². The number of benzene rings is 3. The number of imide groups is 1. The molecule has 1 heterocycles. The van der Waals surface area contributed by atoms with Gasteiger partial charge in [0.1, 0.15) is 6.04 Å². The van der Waals surface area contributed by atoms with Gasteiger partial charge in [-0.05, 0) is 55.0 Å². The zero-order valence-electron chi connectivity index (χ0n) is 17.6. The van der Waals surface area contributed by atoms with Crippen LogP contribution < -0.4 is 4.90 Å². The van der Waals surface area contributed by atoms with Gasteiger partial charge in [0.25, 0.3) is 5.91 Å². The summed E-state index contributed by atoms with van der Waals surface area (Å²) in [6, 6.07) is 18.2. The molecule has 0 aromatic heterocycles. The van der Waals surface area contributed by atoms with Crippen LogP contribution in [0.3, 0.4) is 0 Å². The van der Waals surface area contributed by atoms with Gasteiger partial charge >= 0.3 is 0 Å². The van der Waals surface area contributed by atoms with Gasteiger partial charge in [0.15, 0.2) is 0 Å². The van der Waals surface area contributed by atoms with Gasteiger partial charge in [-0.25, -0.2) is 13.3 Å². The van der Waals surface area contributed by atoms with Crippen molar-refractivity contribution in [3.05, 3.63) is 94.0 Å². The first-order valence-corrected chi connectivity index (χ1v) is 12.3. The second kappa shape index (κ2) is 9.27. The molecule has 0 saturated carbocycles. The Kier molecular flexibility index (Phi) is 6.59. The maximum Gasteiger partial charge on any atom is 0.252 e. The van der Waals surface area contributed by atoms with Gasteiger partial charge < -0.3 is 0 Å². The number of hydrogen-bond acceptors (Lipinski definition) is 4. The average Bonchev–Trinajstić information content (AvgIpc) is 3.07. The number of aryl methyl sites for hydroxylation is 1. The minimum atomic E-state index is -4.13. The lowest BCUT2D eigenvalue weighted by atomic mass is 10.2. The molecule has 9 heteroatoms. The number of nitrogens with zero attached hydrogens (tertiary/aromatic N) is 2. The van der Waals surface area contributed by atoms with E-state index < -0.39 is 27.9 Å². The van der Waals surface area contributed by atoms with Gasteiger partial charge in [-0.2, -0.15) is 4.31 Å². The molecule has 2 amide bonds. The molecule has 1 aliphatic heterocycles. The summed E-state index contributed by atoms with van der Waals surface area (Å²) < 4.78 is 28.4. The third kappa shape index (κ3) is 4.68. The fourth-order valence-corrected chi connectivity index (χ4v) is 5.59. The monoisotopic (exact) mass is 502 g/mol. The lowest BCUT2D eigenvalue weighted by Crippen LogP contribution is -2.45. The number of amides is 2. The molecule has 3 aromatic carbocycles. The number of sulfonamides is 1. The zero-order chi connectivity index (χ0) is 23.8. The smallest absolute Gasteiger partial charge is 0.252 e. The van der Waals surface area contributed by atoms with Gasteiger partial charge in [0.05, 0.1) is 17.0 Å². The molecule has 3 aromatic rings. The van der Waals surface area contributed by atoms with E-state index >= 15 is 0 Å². The highest BCUT2D eigenvalue weighted by Gasteiger charge is 2.47. The summed E-state index contributed by atoms with van der Waals surface area (Å²) in [5.41, 5.74) is 1.76. The Bertz CT molecular complexity index is 1310. The number of carbonyl (C=O) groups is 2. The summed E-state index contributed by atoms with van der Waals surface area (Å²) in [7, 11) is -4.13. The van der Waals surface area contributed by atoms with Crippen LogP contribution in [0.25, 0.3) is 0 Å². The third-order valence-electron chi connectivity index (χ3n) is 5.47. The van der Waals surface area contributed by atoms with Crippen LogP contribution in [-0.2, 0) is 26.2 Å². The summed E-state index contributed by atoms with van der Waals surface area (Å²) in [5.74, 6) is -1.11. The van der Waals surface area contributed by atoms with E-state index in [2.05, 4.69) is 0 Å². The largest absolute Gasteiger partial charge is 0.274 e. The van der Waals surface area contributed by atoms with Crippen molar-refractivity contribution in [2.24, 2.45) is 0 Å². The number of rotatable bonds is 6. The van der Waals surface area contributed by atoms with E-state index in [1.165, 1.54) is 12.1 Å². The summed E-state index contributed by atoms with van der Waals surface area (Å²) in [6.07, 6.45) is -0.281. The maximum absolute atomic E-state index is 13.7. The van der Waals surface area contributed by atoms with Crippen LogP contribution in [0.1, 0.15) is 17.5 Å². The number of hydrogen-bond donors (Lipinski definition) is 0. The predicted molar refractivity (Wildman–Crippen MR) is 128 cm³/mol. The van der Waals surface area contributed by atoms with E-state index in [4.69, 9.17) is 23.2 Å². The molecule has 0 bridgehead atoms. The van der Waals surface area contributed by atoms with Crippen LogP contribution in [0.2, 0.25) is 10.0 Å². The van der Waals surface area contributed by atoms with E-state index in [-0.39, 0.29) is 17.9 Å².